The van der Waals surface area contributed by atoms with E-state index in [0.29, 0.717) is 19.3 Å². The smallest absolute Gasteiger partial charge is 0.308 e. The molecule has 0 spiro atoms. The van der Waals surface area contributed by atoms with E-state index in [1.165, 1.54) is 35.6 Å². The molecular formula is C14H18N2O6S2. The number of carboxylic acid groups (broad SMARTS) is 1. The normalized spacial score (nSPS) is 27.5. The minimum absolute atomic E-state index is 0.0273. The molecule has 3 atom stereocenters. The summed E-state index contributed by atoms with van der Waals surface area (Å²) in [5.74, 6) is -1.65. The van der Waals surface area contributed by atoms with Crippen molar-refractivity contribution in [1.82, 2.24) is 9.03 Å². The molecule has 0 aliphatic carbocycles. The number of carboxylic acids is 1. The number of nitrogens with zero attached hydrogens (tertiary/aromatic N) is 1. The summed E-state index contributed by atoms with van der Waals surface area (Å²) in [5, 5.41) is 9.25. The third-order valence-electron chi connectivity index (χ3n) is 4.77. The molecular weight excluding hydrogens is 356 g/mol. The zero-order valence-corrected chi connectivity index (χ0v) is 14.5. The first-order valence-electron chi connectivity index (χ1n) is 7.48. The van der Waals surface area contributed by atoms with Gasteiger partial charge in [0, 0.05) is 12.1 Å². The Morgan fingerprint density at radius 3 is 2.21 bits per heavy atom. The lowest BCUT2D eigenvalue weighted by atomic mass is 9.89. The van der Waals surface area contributed by atoms with Crippen molar-refractivity contribution in [3.63, 3.8) is 0 Å². The van der Waals surface area contributed by atoms with Crippen LogP contribution < -0.4 is 4.72 Å². The molecule has 1 aromatic rings. The molecule has 1 aromatic carbocycles. The first-order chi connectivity index (χ1) is 11.2. The monoisotopic (exact) mass is 374 g/mol. The van der Waals surface area contributed by atoms with Gasteiger partial charge in [0.1, 0.15) is 0 Å². The number of benzene rings is 1. The van der Waals surface area contributed by atoms with Gasteiger partial charge in [-0.25, -0.2) is 21.6 Å². The Morgan fingerprint density at radius 1 is 1.12 bits per heavy atom. The molecule has 10 heteroatoms. The minimum atomic E-state index is -3.86. The van der Waals surface area contributed by atoms with Crippen molar-refractivity contribution in [3.8, 4) is 0 Å². The topological polar surface area (TPSA) is 121 Å². The Labute approximate surface area is 140 Å². The number of sulfonamides is 2. The van der Waals surface area contributed by atoms with Crippen molar-refractivity contribution >= 4 is 26.0 Å². The van der Waals surface area contributed by atoms with Gasteiger partial charge in [-0.3, -0.25) is 4.79 Å². The molecule has 3 rings (SSSR count). The van der Waals surface area contributed by atoms with E-state index in [-0.39, 0.29) is 15.8 Å². The van der Waals surface area contributed by atoms with Crippen LogP contribution in [0.1, 0.15) is 19.3 Å². The molecule has 0 saturated carbocycles. The van der Waals surface area contributed by atoms with Gasteiger partial charge in [-0.2, -0.15) is 4.31 Å². The van der Waals surface area contributed by atoms with Crippen LogP contribution in [0.2, 0.25) is 0 Å². The molecule has 132 valence electrons. The maximum absolute atomic E-state index is 12.9. The third-order valence-corrected chi connectivity index (χ3v) is 8.19. The highest BCUT2D eigenvalue weighted by atomic mass is 32.2. The van der Waals surface area contributed by atoms with Crippen molar-refractivity contribution in [3.05, 3.63) is 24.3 Å². The first kappa shape index (κ1) is 17.3. The number of hydrogen-bond donors (Lipinski definition) is 2. The molecule has 2 aliphatic rings. The van der Waals surface area contributed by atoms with Crippen LogP contribution >= 0.6 is 0 Å². The third kappa shape index (κ3) is 2.63. The van der Waals surface area contributed by atoms with E-state index in [9.17, 15) is 26.7 Å². The molecule has 3 unspecified atom stereocenters. The Hall–Kier alpha value is -1.49. The Balaban J connectivity index is 1.93. The van der Waals surface area contributed by atoms with Crippen molar-refractivity contribution in [2.75, 3.05) is 7.05 Å². The molecule has 24 heavy (non-hydrogen) atoms. The molecule has 8 nitrogen and oxygen atoms in total. The van der Waals surface area contributed by atoms with E-state index in [1.54, 1.807) is 0 Å². The molecule has 2 fully saturated rings. The van der Waals surface area contributed by atoms with Gasteiger partial charge in [0.25, 0.3) is 0 Å². The maximum Gasteiger partial charge on any atom is 0.308 e. The predicted octanol–water partition coefficient (Wildman–Crippen LogP) is 0.221. The maximum atomic E-state index is 12.9. The predicted molar refractivity (Wildman–Crippen MR) is 84.3 cm³/mol. The van der Waals surface area contributed by atoms with Crippen LogP contribution in [0.5, 0.6) is 0 Å². The van der Waals surface area contributed by atoms with Gasteiger partial charge < -0.3 is 5.11 Å². The molecule has 2 aliphatic heterocycles. The fourth-order valence-corrected chi connectivity index (χ4v) is 6.26. The molecule has 0 amide bonds. The number of hydrogen-bond acceptors (Lipinski definition) is 5. The van der Waals surface area contributed by atoms with Crippen molar-refractivity contribution in [2.24, 2.45) is 5.92 Å². The highest BCUT2D eigenvalue weighted by molar-refractivity contribution is 7.89. The van der Waals surface area contributed by atoms with E-state index in [1.807, 2.05) is 0 Å². The summed E-state index contributed by atoms with van der Waals surface area (Å²) in [6, 6.07) is 4.11. The van der Waals surface area contributed by atoms with Crippen LogP contribution in [0, 0.1) is 5.92 Å². The SMILES string of the molecule is CNS(=O)(=O)c1ccc(S(=O)(=O)N2C3CCC2C(C(=O)O)C3)cc1. The zero-order valence-electron chi connectivity index (χ0n) is 12.9. The zero-order chi connectivity index (χ0) is 17.7. The molecule has 2 saturated heterocycles. The summed E-state index contributed by atoms with van der Waals surface area (Å²) in [6.07, 6.45) is 1.51. The second-order valence-electron chi connectivity index (χ2n) is 5.99. The summed E-state index contributed by atoms with van der Waals surface area (Å²) < 4.78 is 52.6. The van der Waals surface area contributed by atoms with Gasteiger partial charge in [-0.1, -0.05) is 0 Å². The second-order valence-corrected chi connectivity index (χ2v) is 9.72. The summed E-state index contributed by atoms with van der Waals surface area (Å²) in [4.78, 5) is 11.2. The highest BCUT2D eigenvalue weighted by Gasteiger charge is 2.54. The number of nitrogens with one attached hydrogen (secondary N) is 1. The lowest BCUT2D eigenvalue weighted by Crippen LogP contribution is -2.37. The van der Waals surface area contributed by atoms with Crippen LogP contribution in [0.25, 0.3) is 0 Å². The Kier molecular flexibility index (Phi) is 4.19. The minimum Gasteiger partial charge on any atom is -0.481 e. The fourth-order valence-electron chi connectivity index (χ4n) is 3.61. The Morgan fingerprint density at radius 2 is 1.71 bits per heavy atom. The number of rotatable bonds is 5. The van der Waals surface area contributed by atoms with E-state index in [0.717, 1.165) is 0 Å². The van der Waals surface area contributed by atoms with Crippen molar-refractivity contribution < 1.29 is 26.7 Å². The average Bonchev–Trinajstić information content (AvgIpc) is 3.13. The number of fused-ring (bicyclic) bond motifs is 2. The molecule has 2 heterocycles. The number of carbonyl (C=O) groups is 1. The van der Waals surface area contributed by atoms with E-state index in [4.69, 9.17) is 0 Å². The second kappa shape index (κ2) is 5.80. The van der Waals surface area contributed by atoms with Gasteiger partial charge in [-0.05, 0) is 50.6 Å². The van der Waals surface area contributed by atoms with Gasteiger partial charge >= 0.3 is 5.97 Å². The summed E-state index contributed by atoms with van der Waals surface area (Å²) >= 11 is 0. The standard InChI is InChI=1S/C14H18N2O6S2/c1-15-23(19,20)10-3-5-11(6-4-10)24(21,22)16-9-2-7-13(16)12(8-9)14(17)18/h3-6,9,12-13,15H,2,7-8H2,1H3,(H,17,18). The number of aliphatic carboxylic acids is 1. The fraction of sp³-hybridized carbons (Fsp3) is 0.500. The van der Waals surface area contributed by atoms with Crippen LogP contribution in [-0.2, 0) is 24.8 Å². The summed E-state index contributed by atoms with van der Waals surface area (Å²) in [6.45, 7) is 0. The average molecular weight is 374 g/mol. The van der Waals surface area contributed by atoms with E-state index in [2.05, 4.69) is 4.72 Å². The van der Waals surface area contributed by atoms with E-state index >= 15 is 0 Å². The summed E-state index contributed by atoms with van der Waals surface area (Å²) in [5.41, 5.74) is 0. The van der Waals surface area contributed by atoms with Gasteiger partial charge in [0.15, 0.2) is 0 Å². The highest BCUT2D eigenvalue weighted by Crippen LogP contribution is 2.45. The molecule has 2 bridgehead atoms. The van der Waals surface area contributed by atoms with Crippen LogP contribution in [-0.4, -0.2) is 51.3 Å². The lowest BCUT2D eigenvalue weighted by Gasteiger charge is -2.22. The molecule has 0 aromatic heterocycles. The largest absolute Gasteiger partial charge is 0.481 e. The van der Waals surface area contributed by atoms with Crippen molar-refractivity contribution in [1.29, 1.82) is 0 Å². The van der Waals surface area contributed by atoms with Crippen LogP contribution in [0.15, 0.2) is 34.1 Å². The first-order valence-corrected chi connectivity index (χ1v) is 10.4. The quantitative estimate of drug-likeness (QED) is 0.761. The van der Waals surface area contributed by atoms with Crippen LogP contribution in [0.3, 0.4) is 0 Å². The van der Waals surface area contributed by atoms with Gasteiger partial charge in [-0.15, -0.1) is 0 Å². The van der Waals surface area contributed by atoms with Crippen molar-refractivity contribution in [2.45, 2.75) is 41.1 Å². The Bertz CT molecular complexity index is 863. The van der Waals surface area contributed by atoms with Gasteiger partial charge in [0.2, 0.25) is 20.0 Å². The summed E-state index contributed by atoms with van der Waals surface area (Å²) in [7, 11) is -6.23. The molecule has 2 N–H and O–H groups in total. The van der Waals surface area contributed by atoms with Gasteiger partial charge in [0.05, 0.1) is 15.7 Å². The lowest BCUT2D eigenvalue weighted by molar-refractivity contribution is -0.142. The molecule has 0 radical (unpaired) electrons. The van der Waals surface area contributed by atoms with Crippen LogP contribution in [0.4, 0.5) is 0 Å². The van der Waals surface area contributed by atoms with E-state index < -0.39 is 38.0 Å².